The van der Waals surface area contributed by atoms with Crippen LogP contribution in [0.25, 0.3) is 65.6 Å². The van der Waals surface area contributed by atoms with Crippen molar-refractivity contribution in [3.05, 3.63) is 287 Å². The molecule has 2 aromatic heterocycles. The molecular formula is C72H61FN4. The molecule has 12 aromatic rings. The number of benzene rings is 10. The molecule has 4 nitrogen and oxygen atoms in total. The van der Waals surface area contributed by atoms with Gasteiger partial charge >= 0.3 is 0 Å². The van der Waals surface area contributed by atoms with Crippen LogP contribution >= 0.6 is 0 Å². The molecule has 12 rings (SSSR count). The lowest BCUT2D eigenvalue weighted by Gasteiger charge is -2.27. The molecule has 0 aliphatic heterocycles. The highest BCUT2D eigenvalue weighted by molar-refractivity contribution is 6.10. The van der Waals surface area contributed by atoms with Crippen molar-refractivity contribution >= 4 is 54.5 Å². The van der Waals surface area contributed by atoms with Gasteiger partial charge in [0.05, 0.1) is 34.9 Å². The zero-order valence-electron chi connectivity index (χ0n) is 43.9. The third-order valence-corrected chi connectivity index (χ3v) is 15.6. The molecule has 0 radical (unpaired) electrons. The number of nitrogens with one attached hydrogen (secondary N) is 2. The molecule has 0 spiro atoms. The zero-order valence-corrected chi connectivity index (χ0v) is 43.9. The van der Waals surface area contributed by atoms with Crippen LogP contribution in [0.3, 0.4) is 0 Å². The average Bonchev–Trinajstić information content (AvgIpc) is 3.50. The summed E-state index contributed by atoms with van der Waals surface area (Å²) in [6, 6.07) is 80.8. The lowest BCUT2D eigenvalue weighted by Crippen LogP contribution is -2.17. The summed E-state index contributed by atoms with van der Waals surface area (Å²) < 4.78 is 14.2. The fourth-order valence-corrected chi connectivity index (χ4v) is 11.6. The summed E-state index contributed by atoms with van der Waals surface area (Å²) in [4.78, 5) is 10.8. The number of hydrogen-bond donors (Lipinski definition) is 2. The summed E-state index contributed by atoms with van der Waals surface area (Å²) in [5.41, 5.74) is 16.6. The second-order valence-corrected chi connectivity index (χ2v) is 20.2. The first kappa shape index (κ1) is 49.0. The Morgan fingerprint density at radius 2 is 0.818 bits per heavy atom. The molecule has 0 fully saturated rings. The van der Waals surface area contributed by atoms with Gasteiger partial charge in [-0.2, -0.15) is 0 Å². The Labute approximate surface area is 451 Å². The van der Waals surface area contributed by atoms with E-state index in [1.165, 1.54) is 94.3 Å². The summed E-state index contributed by atoms with van der Waals surface area (Å²) in [5.74, 6) is -0.265. The average molecular weight is 1000 g/mol. The van der Waals surface area contributed by atoms with E-state index in [1.807, 2.05) is 18.2 Å². The van der Waals surface area contributed by atoms with Crippen molar-refractivity contribution in [2.75, 3.05) is 10.6 Å². The third-order valence-electron chi connectivity index (χ3n) is 15.6. The zero-order chi connectivity index (χ0) is 52.2. The first-order chi connectivity index (χ1) is 37.9. The molecule has 2 unspecified atom stereocenters. The minimum absolute atomic E-state index is 0.254. The topological polar surface area (TPSA) is 49.8 Å². The van der Waals surface area contributed by atoms with E-state index in [1.54, 1.807) is 0 Å². The van der Waals surface area contributed by atoms with Gasteiger partial charge < -0.3 is 10.6 Å². The van der Waals surface area contributed by atoms with Gasteiger partial charge in [-0.25, -0.2) is 4.39 Å². The molecule has 2 atom stereocenters. The maximum atomic E-state index is 14.2. The maximum absolute atomic E-state index is 14.2. The van der Waals surface area contributed by atoms with Crippen LogP contribution in [0.5, 0.6) is 0 Å². The fourth-order valence-electron chi connectivity index (χ4n) is 11.6. The van der Waals surface area contributed by atoms with Gasteiger partial charge in [0.1, 0.15) is 5.82 Å². The Balaban J connectivity index is 0.953. The van der Waals surface area contributed by atoms with E-state index >= 15 is 0 Å². The molecule has 10 aromatic carbocycles. The summed E-state index contributed by atoms with van der Waals surface area (Å²) in [5, 5.41) is 18.0. The summed E-state index contributed by atoms with van der Waals surface area (Å²) in [6.07, 6.45) is 4.34. The summed E-state index contributed by atoms with van der Waals surface area (Å²) in [7, 11) is 0. The van der Waals surface area contributed by atoms with Gasteiger partial charge in [-0.05, 0) is 175 Å². The standard InChI is InChI=1S/C72H61FN4/c1-4-48-24-16-25-49(5-2)69(48)76-72(68-35-19-33-66(75-68)52-39-41-56(73)42-40-52)64-46-55-23-11-13-29-58(55)62-44-47(37-43-61(62)64)36-38-53-27-17-26-50(6-3)70(53)77-71(67-34-18-32-65(74-67)51-20-8-7-9-21-51)63-45-54-22-10-12-28-57(54)59-30-14-15-31-60(59)63/h7-35,37,39-46,71-72,76-77H,4-6,36,38H2,1-3H3. The molecule has 5 heteroatoms. The molecule has 0 aliphatic rings. The minimum Gasteiger partial charge on any atom is -0.372 e. The van der Waals surface area contributed by atoms with Gasteiger partial charge in [0, 0.05) is 22.5 Å². The van der Waals surface area contributed by atoms with E-state index in [4.69, 9.17) is 9.97 Å². The maximum Gasteiger partial charge on any atom is 0.123 e. The number of hydrogen-bond acceptors (Lipinski definition) is 4. The van der Waals surface area contributed by atoms with E-state index in [9.17, 15) is 4.39 Å². The second kappa shape index (κ2) is 21.7. The van der Waals surface area contributed by atoms with Crippen LogP contribution in [0.4, 0.5) is 15.8 Å². The van der Waals surface area contributed by atoms with Crippen LogP contribution in [0.1, 0.15) is 83.2 Å². The van der Waals surface area contributed by atoms with Crippen molar-refractivity contribution < 1.29 is 4.39 Å². The second-order valence-electron chi connectivity index (χ2n) is 20.2. The van der Waals surface area contributed by atoms with Crippen LogP contribution in [0, 0.1) is 5.82 Å². The Morgan fingerprint density at radius 1 is 0.364 bits per heavy atom. The number of aryl methyl sites for hydroxylation is 5. The van der Waals surface area contributed by atoms with Crippen LogP contribution in [0.2, 0.25) is 0 Å². The highest BCUT2D eigenvalue weighted by atomic mass is 19.1. The number of para-hydroxylation sites is 2. The monoisotopic (exact) mass is 1000 g/mol. The molecule has 2 N–H and O–H groups in total. The van der Waals surface area contributed by atoms with Gasteiger partial charge in [-0.1, -0.05) is 191 Å². The fraction of sp³-hybridized carbons (Fsp3) is 0.139. The number of pyridine rings is 2. The van der Waals surface area contributed by atoms with E-state index in [-0.39, 0.29) is 17.9 Å². The lowest BCUT2D eigenvalue weighted by atomic mass is 9.89. The SMILES string of the molecule is CCc1cccc(CC)c1NC(c1cccc(-c2ccc(F)cc2)n1)c1cc2ccccc2c2cc(CCc3cccc(CC)c3NC(c3cccc(-c4ccccc4)n3)c3cc4ccccc4c4ccccc34)ccc12. The van der Waals surface area contributed by atoms with Crippen molar-refractivity contribution in [1.29, 1.82) is 0 Å². The molecule has 0 aliphatic carbocycles. The predicted octanol–water partition coefficient (Wildman–Crippen LogP) is 18.4. The predicted molar refractivity (Wildman–Crippen MR) is 322 cm³/mol. The molecule has 376 valence electrons. The summed E-state index contributed by atoms with van der Waals surface area (Å²) >= 11 is 0. The van der Waals surface area contributed by atoms with Crippen LogP contribution in [-0.4, -0.2) is 9.97 Å². The Morgan fingerprint density at radius 3 is 1.39 bits per heavy atom. The molecule has 2 heterocycles. The van der Waals surface area contributed by atoms with Crippen LogP contribution in [0.15, 0.2) is 231 Å². The third kappa shape index (κ3) is 9.82. The molecule has 0 amide bonds. The highest BCUT2D eigenvalue weighted by Crippen LogP contribution is 2.41. The molecule has 0 bridgehead atoms. The quantitative estimate of drug-likeness (QED) is 0.0947. The highest BCUT2D eigenvalue weighted by Gasteiger charge is 2.25. The van der Waals surface area contributed by atoms with Gasteiger partial charge in [-0.15, -0.1) is 0 Å². The first-order valence-corrected chi connectivity index (χ1v) is 27.3. The Bertz CT molecular complexity index is 4070. The van der Waals surface area contributed by atoms with Crippen molar-refractivity contribution in [3.63, 3.8) is 0 Å². The normalized spacial score (nSPS) is 12.3. The van der Waals surface area contributed by atoms with Crippen LogP contribution in [-0.2, 0) is 32.1 Å². The van der Waals surface area contributed by atoms with Crippen molar-refractivity contribution in [2.45, 2.75) is 65.0 Å². The Kier molecular flexibility index (Phi) is 13.8. The van der Waals surface area contributed by atoms with Crippen molar-refractivity contribution in [1.82, 2.24) is 9.97 Å². The Hall–Kier alpha value is -8.93. The van der Waals surface area contributed by atoms with Gasteiger partial charge in [0.2, 0.25) is 0 Å². The van der Waals surface area contributed by atoms with Crippen LogP contribution < -0.4 is 10.6 Å². The van der Waals surface area contributed by atoms with Gasteiger partial charge in [-0.3, -0.25) is 9.97 Å². The molecular weight excluding hydrogens is 940 g/mol. The molecule has 0 saturated carbocycles. The largest absolute Gasteiger partial charge is 0.372 e. The number of fused-ring (bicyclic) bond motifs is 6. The van der Waals surface area contributed by atoms with E-state index in [0.29, 0.717) is 0 Å². The van der Waals surface area contributed by atoms with E-state index in [2.05, 4.69) is 232 Å². The van der Waals surface area contributed by atoms with Crippen molar-refractivity contribution in [2.24, 2.45) is 0 Å². The summed E-state index contributed by atoms with van der Waals surface area (Å²) in [6.45, 7) is 6.70. The lowest BCUT2D eigenvalue weighted by molar-refractivity contribution is 0.628. The van der Waals surface area contributed by atoms with E-state index < -0.39 is 0 Å². The smallest absolute Gasteiger partial charge is 0.123 e. The van der Waals surface area contributed by atoms with E-state index in [0.717, 1.165) is 77.3 Å². The number of nitrogens with zero attached hydrogens (tertiary/aromatic N) is 2. The number of aromatic nitrogens is 2. The number of rotatable bonds is 16. The minimum atomic E-state index is -0.299. The number of anilines is 2. The first-order valence-electron chi connectivity index (χ1n) is 27.3. The molecule has 77 heavy (non-hydrogen) atoms. The molecule has 0 saturated heterocycles. The van der Waals surface area contributed by atoms with Gasteiger partial charge in [0.15, 0.2) is 0 Å². The number of halogens is 1. The van der Waals surface area contributed by atoms with Gasteiger partial charge in [0.25, 0.3) is 0 Å². The van der Waals surface area contributed by atoms with Crippen molar-refractivity contribution in [3.8, 4) is 22.5 Å².